The molecule has 6 nitrogen and oxygen atoms in total. The molecule has 3 aromatic rings. The molecule has 0 saturated carbocycles. The first-order valence-corrected chi connectivity index (χ1v) is 10.0. The summed E-state index contributed by atoms with van der Waals surface area (Å²) in [6.45, 7) is 4.69. The van der Waals surface area contributed by atoms with Crippen LogP contribution in [0.15, 0.2) is 48.5 Å². The highest BCUT2D eigenvalue weighted by Gasteiger charge is 2.18. The molecular formula is C21H24N4O2S. The molecule has 2 aromatic carbocycles. The van der Waals surface area contributed by atoms with Gasteiger partial charge in [0.25, 0.3) is 5.91 Å². The van der Waals surface area contributed by atoms with E-state index in [1.807, 2.05) is 44.0 Å². The summed E-state index contributed by atoms with van der Waals surface area (Å²) in [5, 5.41) is 6.60. The van der Waals surface area contributed by atoms with Gasteiger partial charge in [-0.3, -0.25) is 14.5 Å². The molecule has 0 fully saturated rings. The number of thiazole rings is 1. The normalized spacial score (nSPS) is 12.1. The van der Waals surface area contributed by atoms with Crippen molar-refractivity contribution in [3.8, 4) is 0 Å². The second kappa shape index (κ2) is 8.95. The summed E-state index contributed by atoms with van der Waals surface area (Å²) >= 11 is 1.65. The van der Waals surface area contributed by atoms with Gasteiger partial charge < -0.3 is 10.6 Å². The molecule has 7 heteroatoms. The third-order valence-corrected chi connectivity index (χ3v) is 5.67. The minimum absolute atomic E-state index is 0.0183. The smallest absolute Gasteiger partial charge is 0.251 e. The molecule has 0 aliphatic carbocycles. The number of benzene rings is 2. The fourth-order valence-corrected chi connectivity index (χ4v) is 3.91. The van der Waals surface area contributed by atoms with Gasteiger partial charge in [0.1, 0.15) is 5.01 Å². The maximum Gasteiger partial charge on any atom is 0.251 e. The standard InChI is InChI=1S/C21H24N4O2S/c1-4-22-20(27)15-8-7-9-16(12-15)23-19(26)13-25(3)14(2)21-24-17-10-5-6-11-18(17)28-21/h5-12,14H,4,13H2,1-3H3,(H,22,27)(H,23,26)/t14-/m1/s1. The van der Waals surface area contributed by atoms with Crippen molar-refractivity contribution >= 4 is 39.1 Å². The summed E-state index contributed by atoms with van der Waals surface area (Å²) in [4.78, 5) is 31.0. The first-order chi connectivity index (χ1) is 13.5. The van der Waals surface area contributed by atoms with Gasteiger partial charge in [-0.05, 0) is 51.2 Å². The minimum Gasteiger partial charge on any atom is -0.352 e. The molecule has 3 rings (SSSR count). The maximum absolute atomic E-state index is 12.5. The first-order valence-electron chi connectivity index (χ1n) is 9.21. The number of likely N-dealkylation sites (N-methyl/N-ethyl adjacent to an activating group) is 1. The average Bonchev–Trinajstić information content (AvgIpc) is 3.11. The van der Waals surface area contributed by atoms with Crippen molar-refractivity contribution in [2.24, 2.45) is 0 Å². The number of aromatic nitrogens is 1. The molecule has 0 unspecified atom stereocenters. The largest absolute Gasteiger partial charge is 0.352 e. The van der Waals surface area contributed by atoms with E-state index in [0.29, 0.717) is 17.8 Å². The fourth-order valence-electron chi connectivity index (χ4n) is 2.82. The molecule has 28 heavy (non-hydrogen) atoms. The zero-order chi connectivity index (χ0) is 20.1. The van der Waals surface area contributed by atoms with E-state index in [1.165, 1.54) is 0 Å². The Bertz CT molecular complexity index is 952. The van der Waals surface area contributed by atoms with Gasteiger partial charge in [0.15, 0.2) is 0 Å². The molecule has 2 amide bonds. The number of nitrogens with one attached hydrogen (secondary N) is 2. The molecule has 1 aromatic heterocycles. The van der Waals surface area contributed by atoms with Gasteiger partial charge in [-0.15, -0.1) is 11.3 Å². The maximum atomic E-state index is 12.5. The van der Waals surface area contributed by atoms with E-state index in [9.17, 15) is 9.59 Å². The summed E-state index contributed by atoms with van der Waals surface area (Å²) in [6.07, 6.45) is 0. The molecule has 0 spiro atoms. The number of carbonyl (C=O) groups excluding carboxylic acids is 2. The number of carbonyl (C=O) groups is 2. The molecule has 0 radical (unpaired) electrons. The lowest BCUT2D eigenvalue weighted by Gasteiger charge is -2.22. The van der Waals surface area contributed by atoms with Crippen LogP contribution in [-0.4, -0.2) is 41.8 Å². The van der Waals surface area contributed by atoms with Gasteiger partial charge >= 0.3 is 0 Å². The van der Waals surface area contributed by atoms with Gasteiger partial charge in [-0.1, -0.05) is 18.2 Å². The lowest BCUT2D eigenvalue weighted by molar-refractivity contribution is -0.117. The van der Waals surface area contributed by atoms with Gasteiger partial charge in [-0.2, -0.15) is 0 Å². The van der Waals surface area contributed by atoms with Crippen LogP contribution in [0.25, 0.3) is 10.2 Å². The number of para-hydroxylation sites is 1. The minimum atomic E-state index is -0.153. The Kier molecular flexibility index (Phi) is 6.38. The molecule has 1 atom stereocenters. The van der Waals surface area contributed by atoms with Crippen molar-refractivity contribution in [1.82, 2.24) is 15.2 Å². The fraction of sp³-hybridized carbons (Fsp3) is 0.286. The Morgan fingerprint density at radius 1 is 1.18 bits per heavy atom. The van der Waals surface area contributed by atoms with Gasteiger partial charge in [0, 0.05) is 17.8 Å². The predicted octanol–water partition coefficient (Wildman–Crippen LogP) is 3.68. The summed E-state index contributed by atoms with van der Waals surface area (Å²) in [6, 6.07) is 15.0. The molecule has 0 aliphatic heterocycles. The topological polar surface area (TPSA) is 74.3 Å². The van der Waals surface area contributed by atoms with Crippen LogP contribution in [-0.2, 0) is 4.79 Å². The zero-order valence-electron chi connectivity index (χ0n) is 16.2. The van der Waals surface area contributed by atoms with E-state index in [-0.39, 0.29) is 24.4 Å². The van der Waals surface area contributed by atoms with Crippen molar-refractivity contribution in [1.29, 1.82) is 0 Å². The predicted molar refractivity (Wildman–Crippen MR) is 114 cm³/mol. The number of hydrogen-bond acceptors (Lipinski definition) is 5. The van der Waals surface area contributed by atoms with Gasteiger partial charge in [0.2, 0.25) is 5.91 Å². The van der Waals surface area contributed by atoms with E-state index in [2.05, 4.69) is 21.7 Å². The Morgan fingerprint density at radius 3 is 2.71 bits per heavy atom. The molecule has 0 aliphatic rings. The Labute approximate surface area is 168 Å². The van der Waals surface area contributed by atoms with Crippen LogP contribution in [0.5, 0.6) is 0 Å². The second-order valence-electron chi connectivity index (χ2n) is 6.60. The van der Waals surface area contributed by atoms with Crippen molar-refractivity contribution in [3.63, 3.8) is 0 Å². The molecule has 2 N–H and O–H groups in total. The summed E-state index contributed by atoms with van der Waals surface area (Å²) in [7, 11) is 1.90. The van der Waals surface area contributed by atoms with E-state index in [4.69, 9.17) is 0 Å². The van der Waals surface area contributed by atoms with Crippen molar-refractivity contribution < 1.29 is 9.59 Å². The van der Waals surface area contributed by atoms with Crippen LogP contribution >= 0.6 is 11.3 Å². The van der Waals surface area contributed by atoms with E-state index in [1.54, 1.807) is 35.6 Å². The summed E-state index contributed by atoms with van der Waals surface area (Å²) in [5.74, 6) is -0.288. The van der Waals surface area contributed by atoms with E-state index >= 15 is 0 Å². The highest BCUT2D eigenvalue weighted by atomic mass is 32.1. The van der Waals surface area contributed by atoms with Crippen LogP contribution in [0.1, 0.15) is 35.3 Å². The Hall–Kier alpha value is -2.77. The number of nitrogens with zero attached hydrogens (tertiary/aromatic N) is 2. The number of hydrogen-bond donors (Lipinski definition) is 2. The van der Waals surface area contributed by atoms with Crippen LogP contribution in [0, 0.1) is 0 Å². The Balaban J connectivity index is 1.62. The van der Waals surface area contributed by atoms with Gasteiger partial charge in [-0.25, -0.2) is 4.98 Å². The number of amides is 2. The third-order valence-electron chi connectivity index (χ3n) is 4.47. The van der Waals surface area contributed by atoms with Crippen LogP contribution < -0.4 is 10.6 Å². The molecule has 0 saturated heterocycles. The summed E-state index contributed by atoms with van der Waals surface area (Å²) in [5.41, 5.74) is 2.11. The number of rotatable bonds is 7. The van der Waals surface area contributed by atoms with Crippen molar-refractivity contribution in [3.05, 3.63) is 59.1 Å². The first kappa shape index (κ1) is 20.0. The second-order valence-corrected chi connectivity index (χ2v) is 7.66. The SMILES string of the molecule is CCNC(=O)c1cccc(NC(=O)CN(C)[C@H](C)c2nc3ccccc3s2)c1. The lowest BCUT2D eigenvalue weighted by Crippen LogP contribution is -2.32. The lowest BCUT2D eigenvalue weighted by atomic mass is 10.2. The van der Waals surface area contributed by atoms with E-state index in [0.717, 1.165) is 15.2 Å². The van der Waals surface area contributed by atoms with E-state index < -0.39 is 0 Å². The molecular weight excluding hydrogens is 372 g/mol. The molecule has 1 heterocycles. The Morgan fingerprint density at radius 2 is 1.96 bits per heavy atom. The highest BCUT2D eigenvalue weighted by molar-refractivity contribution is 7.18. The van der Waals surface area contributed by atoms with Crippen LogP contribution in [0.3, 0.4) is 0 Å². The highest BCUT2D eigenvalue weighted by Crippen LogP contribution is 2.28. The average molecular weight is 397 g/mol. The van der Waals surface area contributed by atoms with Crippen LogP contribution in [0.2, 0.25) is 0 Å². The third kappa shape index (κ3) is 4.74. The van der Waals surface area contributed by atoms with Gasteiger partial charge in [0.05, 0.1) is 22.8 Å². The monoisotopic (exact) mass is 396 g/mol. The molecule has 146 valence electrons. The number of fused-ring (bicyclic) bond motifs is 1. The summed E-state index contributed by atoms with van der Waals surface area (Å²) < 4.78 is 1.14. The zero-order valence-corrected chi connectivity index (χ0v) is 17.0. The molecule has 0 bridgehead atoms. The number of anilines is 1. The quantitative estimate of drug-likeness (QED) is 0.639. The van der Waals surface area contributed by atoms with Crippen LogP contribution in [0.4, 0.5) is 5.69 Å². The van der Waals surface area contributed by atoms with Crippen molar-refractivity contribution in [2.75, 3.05) is 25.5 Å². The van der Waals surface area contributed by atoms with Crippen molar-refractivity contribution in [2.45, 2.75) is 19.9 Å².